The third-order valence-electron chi connectivity index (χ3n) is 7.13. The number of carbonyl (C=O) groups excluding carboxylic acids is 1. The summed E-state index contributed by atoms with van der Waals surface area (Å²) < 4.78 is 13.8. The maximum absolute atomic E-state index is 12.2. The van der Waals surface area contributed by atoms with Crippen molar-refractivity contribution in [3.63, 3.8) is 0 Å². The van der Waals surface area contributed by atoms with Crippen molar-refractivity contribution in [2.75, 3.05) is 13.7 Å². The number of carboxylic acid groups (broad SMARTS) is 1. The number of fused-ring (bicyclic) bond motifs is 2. The molecule has 9 heteroatoms. The van der Waals surface area contributed by atoms with Crippen LogP contribution >= 0.6 is 11.3 Å². The van der Waals surface area contributed by atoms with E-state index < -0.39 is 11.4 Å². The minimum atomic E-state index is -1.13. The van der Waals surface area contributed by atoms with Crippen LogP contribution in [0.4, 0.5) is 0 Å². The molecule has 2 N–H and O–H groups in total. The van der Waals surface area contributed by atoms with E-state index >= 15 is 0 Å². The van der Waals surface area contributed by atoms with E-state index in [2.05, 4.69) is 42.1 Å². The highest BCUT2D eigenvalue weighted by molar-refractivity contribution is 7.13. The molecule has 0 spiro atoms. The lowest BCUT2D eigenvalue weighted by atomic mass is 9.84. The number of aromatic nitrogens is 2. The van der Waals surface area contributed by atoms with Crippen LogP contribution in [0, 0.1) is 0 Å². The number of nitrogens with one attached hydrogen (secondary N) is 1. The Morgan fingerprint density at radius 2 is 1.88 bits per heavy atom. The maximum atomic E-state index is 12.2. The average molecular weight is 560 g/mol. The zero-order chi connectivity index (χ0) is 28.8. The standard InChI is InChI=1S/C31H33N3O5S/c1-30(2,3)26-17-40-28(33-26)25-12-19-11-18(7-10-24(19)39-25)14-34-15-22(31(4,5)29(36)37)21-13-20(8-9-23(21)34)38-16-27(35)32-6/h7-13,15,17H,14,16H2,1-6H3,(H,32,35)(H,36,37). The lowest BCUT2D eigenvalue weighted by Gasteiger charge is -2.18. The van der Waals surface area contributed by atoms with Gasteiger partial charge in [0.05, 0.1) is 11.1 Å². The number of rotatable bonds is 8. The first-order chi connectivity index (χ1) is 18.9. The van der Waals surface area contributed by atoms with Crippen LogP contribution in [0.2, 0.25) is 0 Å². The molecule has 0 aliphatic rings. The normalized spacial score (nSPS) is 12.2. The Labute approximate surface area is 236 Å². The molecule has 0 fully saturated rings. The van der Waals surface area contributed by atoms with Crippen LogP contribution in [0.25, 0.3) is 32.6 Å². The van der Waals surface area contributed by atoms with Gasteiger partial charge in [0.15, 0.2) is 17.4 Å². The van der Waals surface area contributed by atoms with Crippen LogP contribution in [0.15, 0.2) is 58.5 Å². The van der Waals surface area contributed by atoms with Gasteiger partial charge in [-0.25, -0.2) is 4.98 Å². The highest BCUT2D eigenvalue weighted by Gasteiger charge is 2.33. The van der Waals surface area contributed by atoms with Gasteiger partial charge in [0.25, 0.3) is 5.91 Å². The van der Waals surface area contributed by atoms with Crippen molar-refractivity contribution in [3.8, 4) is 16.5 Å². The molecule has 40 heavy (non-hydrogen) atoms. The van der Waals surface area contributed by atoms with Crippen molar-refractivity contribution >= 4 is 45.1 Å². The van der Waals surface area contributed by atoms with Crippen LogP contribution in [-0.4, -0.2) is 40.2 Å². The van der Waals surface area contributed by atoms with Gasteiger partial charge in [0, 0.05) is 46.9 Å². The van der Waals surface area contributed by atoms with Crippen molar-refractivity contribution < 1.29 is 23.8 Å². The molecule has 0 atom stereocenters. The Hall–Kier alpha value is -4.11. The molecular formula is C31H33N3O5S. The summed E-state index contributed by atoms with van der Waals surface area (Å²) in [6.07, 6.45) is 1.90. The molecule has 5 aromatic rings. The van der Waals surface area contributed by atoms with Crippen molar-refractivity contribution in [2.24, 2.45) is 0 Å². The van der Waals surface area contributed by atoms with Crippen LogP contribution in [0.1, 0.15) is 51.4 Å². The lowest BCUT2D eigenvalue weighted by Crippen LogP contribution is -2.28. The van der Waals surface area contributed by atoms with Gasteiger partial charge in [-0.05, 0) is 61.4 Å². The van der Waals surface area contributed by atoms with Crippen LogP contribution < -0.4 is 10.1 Å². The first-order valence-electron chi connectivity index (χ1n) is 13.1. The number of carboxylic acids is 1. The third kappa shape index (κ3) is 5.21. The Kier molecular flexibility index (Phi) is 6.95. The molecular weight excluding hydrogens is 526 g/mol. The number of thiazole rings is 1. The van der Waals surface area contributed by atoms with Gasteiger partial charge in [-0.3, -0.25) is 9.59 Å². The fourth-order valence-corrected chi connectivity index (χ4v) is 5.55. The van der Waals surface area contributed by atoms with Crippen molar-refractivity contribution in [2.45, 2.75) is 52.0 Å². The molecule has 0 aliphatic carbocycles. The molecule has 2 aromatic carbocycles. The number of furan rings is 1. The van der Waals surface area contributed by atoms with Gasteiger partial charge in [-0.15, -0.1) is 11.3 Å². The molecule has 3 heterocycles. The number of benzene rings is 2. The number of likely N-dealkylation sites (N-methyl/N-ethyl adjacent to an activating group) is 1. The van der Waals surface area contributed by atoms with Gasteiger partial charge >= 0.3 is 5.97 Å². The van der Waals surface area contributed by atoms with Gasteiger partial charge < -0.3 is 24.1 Å². The number of amides is 1. The molecule has 0 radical (unpaired) electrons. The molecule has 0 saturated heterocycles. The number of nitrogens with zero attached hydrogens (tertiary/aromatic N) is 2. The highest BCUT2D eigenvalue weighted by Crippen LogP contribution is 2.36. The summed E-state index contributed by atoms with van der Waals surface area (Å²) >= 11 is 1.58. The monoisotopic (exact) mass is 559 g/mol. The maximum Gasteiger partial charge on any atom is 0.313 e. The number of hydrogen-bond donors (Lipinski definition) is 2. The summed E-state index contributed by atoms with van der Waals surface area (Å²) in [4.78, 5) is 28.6. The fraction of sp³-hybridized carbons (Fsp3) is 0.323. The molecule has 3 aromatic heterocycles. The van der Waals surface area contributed by atoms with E-state index in [1.165, 1.54) is 0 Å². The van der Waals surface area contributed by atoms with Crippen molar-refractivity contribution in [1.82, 2.24) is 14.9 Å². The Bertz CT molecular complexity index is 1730. The van der Waals surface area contributed by atoms with Gasteiger partial charge in [0.2, 0.25) is 0 Å². The molecule has 0 bridgehead atoms. The van der Waals surface area contributed by atoms with Crippen LogP contribution in [0.5, 0.6) is 5.75 Å². The zero-order valence-corrected chi connectivity index (χ0v) is 24.3. The molecule has 0 unspecified atom stereocenters. The predicted molar refractivity (Wildman–Crippen MR) is 157 cm³/mol. The second kappa shape index (κ2) is 10.1. The van der Waals surface area contributed by atoms with Gasteiger partial charge in [-0.1, -0.05) is 26.8 Å². The molecule has 5 rings (SSSR count). The quantitative estimate of drug-likeness (QED) is 0.230. The Morgan fingerprint density at radius 1 is 1.10 bits per heavy atom. The summed E-state index contributed by atoms with van der Waals surface area (Å²) in [5, 5.41) is 17.2. The smallest absolute Gasteiger partial charge is 0.313 e. The van der Waals surface area contributed by atoms with Crippen LogP contribution in [-0.2, 0) is 27.0 Å². The number of carbonyl (C=O) groups is 2. The number of ether oxygens (including phenoxy) is 1. The van der Waals surface area contributed by atoms with E-state index in [0.717, 1.165) is 43.9 Å². The van der Waals surface area contributed by atoms with Crippen LogP contribution in [0.3, 0.4) is 0 Å². The van der Waals surface area contributed by atoms with Crippen molar-refractivity contribution in [3.05, 3.63) is 70.9 Å². The van der Waals surface area contributed by atoms with E-state index in [-0.39, 0.29) is 17.9 Å². The summed E-state index contributed by atoms with van der Waals surface area (Å²) in [6.45, 7) is 10.2. The topological polar surface area (TPSA) is 107 Å². The summed E-state index contributed by atoms with van der Waals surface area (Å²) in [5.74, 6) is 0.0766. The molecule has 208 valence electrons. The molecule has 0 saturated carbocycles. The minimum absolute atomic E-state index is 0.0292. The largest absolute Gasteiger partial charge is 0.484 e. The fourth-order valence-electron chi connectivity index (χ4n) is 4.56. The van der Waals surface area contributed by atoms with Gasteiger partial charge in [-0.2, -0.15) is 0 Å². The second-order valence-electron chi connectivity index (χ2n) is 11.5. The van der Waals surface area contributed by atoms with E-state index in [0.29, 0.717) is 17.9 Å². The molecule has 8 nitrogen and oxygen atoms in total. The zero-order valence-electron chi connectivity index (χ0n) is 23.5. The summed E-state index contributed by atoms with van der Waals surface area (Å²) in [7, 11) is 1.55. The molecule has 0 aliphatic heterocycles. The first kappa shape index (κ1) is 27.5. The van der Waals surface area contributed by atoms with E-state index in [1.807, 2.05) is 30.5 Å². The average Bonchev–Trinajstić information content (AvgIpc) is 3.64. The molecule has 1 amide bonds. The van der Waals surface area contributed by atoms with E-state index in [9.17, 15) is 14.7 Å². The van der Waals surface area contributed by atoms with E-state index in [1.54, 1.807) is 44.4 Å². The number of hydrogen-bond acceptors (Lipinski definition) is 6. The van der Waals surface area contributed by atoms with Crippen molar-refractivity contribution in [1.29, 1.82) is 0 Å². The second-order valence-corrected chi connectivity index (χ2v) is 12.4. The van der Waals surface area contributed by atoms with Gasteiger partial charge in [0.1, 0.15) is 11.3 Å². The summed E-state index contributed by atoms with van der Waals surface area (Å²) in [6, 6.07) is 13.6. The lowest BCUT2D eigenvalue weighted by molar-refractivity contribution is -0.142. The summed E-state index contributed by atoms with van der Waals surface area (Å²) in [5.41, 5.74) is 3.26. The predicted octanol–water partition coefficient (Wildman–Crippen LogP) is 6.34. The Balaban J connectivity index is 1.49. The Morgan fingerprint density at radius 3 is 2.55 bits per heavy atom. The van der Waals surface area contributed by atoms with E-state index in [4.69, 9.17) is 14.1 Å². The third-order valence-corrected chi connectivity index (χ3v) is 7.98. The highest BCUT2D eigenvalue weighted by atomic mass is 32.1. The SMILES string of the molecule is CNC(=O)COc1ccc2c(c1)c(C(C)(C)C(=O)O)cn2Cc1ccc2oc(-c3nc(C(C)(C)C)cs3)cc2c1. The number of aliphatic carboxylic acids is 1. The minimum Gasteiger partial charge on any atom is -0.484 e. The first-order valence-corrected chi connectivity index (χ1v) is 13.9.